The third-order valence-electron chi connectivity index (χ3n) is 5.99. The fraction of sp³-hybridized carbons (Fsp3) is 0.500. The van der Waals surface area contributed by atoms with E-state index < -0.39 is 5.25 Å². The molecule has 1 unspecified atom stereocenters. The molecule has 150 valence electrons. The summed E-state index contributed by atoms with van der Waals surface area (Å²) in [7, 11) is 0. The lowest BCUT2D eigenvalue weighted by Gasteiger charge is -2.42. The second-order valence-electron chi connectivity index (χ2n) is 7.65. The number of carbonyl (C=O) groups is 1. The molecule has 5 nitrogen and oxygen atoms in total. The highest BCUT2D eigenvalue weighted by Crippen LogP contribution is 2.41. The molecule has 0 aromatic heterocycles. The van der Waals surface area contributed by atoms with Crippen LogP contribution >= 0.6 is 35.0 Å². The number of amidine groups is 1. The van der Waals surface area contributed by atoms with Gasteiger partial charge in [-0.1, -0.05) is 35.3 Å². The van der Waals surface area contributed by atoms with Crippen LogP contribution in [0.5, 0.6) is 0 Å². The van der Waals surface area contributed by atoms with E-state index in [9.17, 15) is 4.79 Å². The molecule has 2 fully saturated rings. The molecule has 1 spiro atoms. The molecule has 3 aliphatic heterocycles. The maximum Gasteiger partial charge on any atom is 0.264 e. The van der Waals surface area contributed by atoms with Gasteiger partial charge in [-0.3, -0.25) is 4.79 Å². The van der Waals surface area contributed by atoms with Gasteiger partial charge in [-0.2, -0.15) is 4.99 Å². The minimum atomic E-state index is -0.395. The number of nitrogens with zero attached hydrogens (tertiary/aromatic N) is 2. The zero-order valence-corrected chi connectivity index (χ0v) is 17.9. The van der Waals surface area contributed by atoms with Crippen molar-refractivity contribution in [2.24, 2.45) is 16.1 Å². The van der Waals surface area contributed by atoms with Gasteiger partial charge in [-0.15, -0.1) is 11.8 Å². The summed E-state index contributed by atoms with van der Waals surface area (Å²) in [4.78, 5) is 19.9. The van der Waals surface area contributed by atoms with Gasteiger partial charge in [0.25, 0.3) is 5.91 Å². The van der Waals surface area contributed by atoms with Crippen LogP contribution in [0.2, 0.25) is 10.0 Å². The number of nitrogens with two attached hydrogens (primary N) is 1. The third-order valence-corrected chi connectivity index (χ3v) is 8.13. The molecule has 0 radical (unpaired) electrons. The van der Waals surface area contributed by atoms with Crippen LogP contribution in [0.15, 0.2) is 40.2 Å². The molecule has 3 heterocycles. The average molecular weight is 440 g/mol. The molecule has 28 heavy (non-hydrogen) atoms. The largest absolute Gasteiger partial charge is 0.376 e. The Bertz CT molecular complexity index is 837. The summed E-state index contributed by atoms with van der Waals surface area (Å²) in [6, 6.07) is 5.48. The molecule has 1 amide bonds. The second kappa shape index (κ2) is 8.00. The van der Waals surface area contributed by atoms with Crippen molar-refractivity contribution in [2.75, 3.05) is 19.7 Å². The first-order valence-electron chi connectivity index (χ1n) is 9.43. The van der Waals surface area contributed by atoms with Gasteiger partial charge in [0.15, 0.2) is 0 Å². The Hall–Kier alpha value is -1.05. The average Bonchev–Trinajstić information content (AvgIpc) is 2.96. The highest BCUT2D eigenvalue weighted by molar-refractivity contribution is 8.01. The van der Waals surface area contributed by atoms with Gasteiger partial charge in [-0.25, -0.2) is 0 Å². The van der Waals surface area contributed by atoms with Crippen molar-refractivity contribution in [2.45, 2.75) is 42.1 Å². The number of thioether (sulfide) groups is 1. The number of dihydropyridines is 1. The molecule has 3 aliphatic rings. The first-order valence-corrected chi connectivity index (χ1v) is 11.1. The van der Waals surface area contributed by atoms with Crippen LogP contribution in [-0.2, 0) is 9.53 Å². The highest BCUT2D eigenvalue weighted by atomic mass is 35.5. The summed E-state index contributed by atoms with van der Waals surface area (Å²) >= 11 is 13.7. The topological polar surface area (TPSA) is 67.9 Å². The van der Waals surface area contributed by atoms with Crippen LogP contribution in [0, 0.1) is 5.41 Å². The van der Waals surface area contributed by atoms with E-state index in [1.54, 1.807) is 6.07 Å². The number of benzene rings is 1. The van der Waals surface area contributed by atoms with E-state index in [2.05, 4.69) is 9.89 Å². The van der Waals surface area contributed by atoms with E-state index in [0.717, 1.165) is 43.3 Å². The third kappa shape index (κ3) is 3.73. The lowest BCUT2D eigenvalue weighted by molar-refractivity contribution is -0.116. The molecule has 4 rings (SSSR count). The SMILES string of the molecule is C[C@@H]1OCC2(CCN(C3=NC(=O)C(Sc4cccc(Cl)c4Cl)C=C3)CC2)[C@@H]1N. The maximum absolute atomic E-state index is 12.6. The van der Waals surface area contributed by atoms with Gasteiger partial charge in [0.05, 0.1) is 22.8 Å². The van der Waals surface area contributed by atoms with Crippen molar-refractivity contribution >= 4 is 46.7 Å². The Kier molecular flexibility index (Phi) is 5.78. The molecule has 2 saturated heterocycles. The maximum atomic E-state index is 12.6. The lowest BCUT2D eigenvalue weighted by Crippen LogP contribution is -2.51. The lowest BCUT2D eigenvalue weighted by atomic mass is 9.73. The van der Waals surface area contributed by atoms with Crippen LogP contribution in [0.3, 0.4) is 0 Å². The minimum Gasteiger partial charge on any atom is -0.376 e. The number of rotatable bonds is 2. The summed E-state index contributed by atoms with van der Waals surface area (Å²) in [5.74, 6) is 0.558. The van der Waals surface area contributed by atoms with Crippen LogP contribution < -0.4 is 5.73 Å². The molecule has 0 bridgehead atoms. The van der Waals surface area contributed by atoms with E-state index in [0.29, 0.717) is 10.0 Å². The number of carbonyl (C=O) groups excluding carboxylic acids is 1. The monoisotopic (exact) mass is 439 g/mol. The zero-order chi connectivity index (χ0) is 19.9. The van der Waals surface area contributed by atoms with Crippen molar-refractivity contribution in [1.29, 1.82) is 0 Å². The predicted octanol–water partition coefficient (Wildman–Crippen LogP) is 3.78. The Balaban J connectivity index is 1.39. The normalized spacial score (nSPS) is 29.4. The van der Waals surface area contributed by atoms with E-state index in [1.807, 2.05) is 31.2 Å². The van der Waals surface area contributed by atoms with Crippen molar-refractivity contribution < 1.29 is 9.53 Å². The molecule has 0 saturated carbocycles. The second-order valence-corrected chi connectivity index (χ2v) is 9.62. The van der Waals surface area contributed by atoms with E-state index in [-0.39, 0.29) is 23.5 Å². The fourth-order valence-corrected chi connectivity index (χ4v) is 5.55. The Morgan fingerprint density at radius 1 is 1.32 bits per heavy atom. The zero-order valence-electron chi connectivity index (χ0n) is 15.6. The van der Waals surface area contributed by atoms with Gasteiger partial charge >= 0.3 is 0 Å². The summed E-state index contributed by atoms with van der Waals surface area (Å²) in [6.45, 7) is 4.43. The summed E-state index contributed by atoms with van der Waals surface area (Å²) in [5.41, 5.74) is 6.44. The van der Waals surface area contributed by atoms with Crippen LogP contribution in [0.1, 0.15) is 19.8 Å². The van der Waals surface area contributed by atoms with Crippen molar-refractivity contribution in [3.63, 3.8) is 0 Å². The molecular weight excluding hydrogens is 417 g/mol. The van der Waals surface area contributed by atoms with E-state index >= 15 is 0 Å². The first-order chi connectivity index (χ1) is 13.4. The standard InChI is InChI=1S/C20H23Cl2N3O2S/c1-12-18(23)20(11-27-12)7-9-25(10-8-20)16-6-5-15(19(26)24-16)28-14-4-2-3-13(21)17(14)22/h2-6,12,15,18H,7-11,23H2,1H3/t12-,15?,18+/m0/s1. The molecule has 2 N–H and O–H groups in total. The molecule has 0 aliphatic carbocycles. The van der Waals surface area contributed by atoms with E-state index in [1.165, 1.54) is 11.8 Å². The number of ether oxygens (including phenoxy) is 1. The number of hydrogen-bond acceptors (Lipinski definition) is 5. The van der Waals surface area contributed by atoms with E-state index in [4.69, 9.17) is 33.7 Å². The molecule has 8 heteroatoms. The van der Waals surface area contributed by atoms with Crippen molar-refractivity contribution in [3.05, 3.63) is 40.4 Å². The first kappa shape index (κ1) is 20.2. The Morgan fingerprint density at radius 3 is 2.71 bits per heavy atom. The number of likely N-dealkylation sites (tertiary alicyclic amines) is 1. The van der Waals surface area contributed by atoms with Crippen LogP contribution in [0.4, 0.5) is 0 Å². The molecule has 1 aromatic rings. The Labute approximate surface area is 179 Å². The van der Waals surface area contributed by atoms with Gasteiger partial charge in [-0.05, 0) is 38.0 Å². The van der Waals surface area contributed by atoms with Crippen LogP contribution in [0.25, 0.3) is 0 Å². The van der Waals surface area contributed by atoms with Gasteiger partial charge in [0.2, 0.25) is 0 Å². The Morgan fingerprint density at radius 2 is 2.07 bits per heavy atom. The number of aliphatic imine (C=N–C) groups is 1. The highest BCUT2D eigenvalue weighted by Gasteiger charge is 2.47. The number of amides is 1. The van der Waals surface area contributed by atoms with Gasteiger partial charge < -0.3 is 15.4 Å². The summed E-state index contributed by atoms with van der Waals surface area (Å²) in [5, 5.41) is 0.554. The molecular formula is C20H23Cl2N3O2S. The number of halogens is 2. The molecule has 3 atom stereocenters. The predicted molar refractivity (Wildman–Crippen MR) is 114 cm³/mol. The number of piperidine rings is 1. The van der Waals surface area contributed by atoms with Gasteiger partial charge in [0.1, 0.15) is 11.1 Å². The van der Waals surface area contributed by atoms with Gasteiger partial charge in [0, 0.05) is 29.4 Å². The summed E-state index contributed by atoms with van der Waals surface area (Å²) < 4.78 is 5.78. The van der Waals surface area contributed by atoms with Crippen LogP contribution in [-0.4, -0.2) is 53.7 Å². The smallest absolute Gasteiger partial charge is 0.264 e. The number of hydrogen-bond donors (Lipinski definition) is 1. The molecule has 1 aromatic carbocycles. The summed E-state index contributed by atoms with van der Waals surface area (Å²) in [6.07, 6.45) is 5.84. The minimum absolute atomic E-state index is 0.0561. The van der Waals surface area contributed by atoms with Crippen molar-refractivity contribution in [1.82, 2.24) is 4.90 Å². The quantitative estimate of drug-likeness (QED) is 0.758. The van der Waals surface area contributed by atoms with Crippen molar-refractivity contribution in [3.8, 4) is 0 Å². The fourth-order valence-electron chi connectivity index (χ4n) is 4.10.